The average Bonchev–Trinajstić information content (AvgIpc) is 3.05. The summed E-state index contributed by atoms with van der Waals surface area (Å²) >= 11 is 0. The summed E-state index contributed by atoms with van der Waals surface area (Å²) in [5.74, 6) is -0.0101. The first kappa shape index (κ1) is 16.7. The Labute approximate surface area is 141 Å². The topological polar surface area (TPSA) is 81.1 Å². The Hall–Kier alpha value is -2.15. The highest BCUT2D eigenvalue weighted by molar-refractivity contribution is 7.91. The quantitative estimate of drug-likeness (QED) is 0.924. The van der Waals surface area contributed by atoms with Crippen LogP contribution in [0.1, 0.15) is 39.8 Å². The fraction of sp³-hybridized carbons (Fsp3) is 0.412. The number of nitrogens with zero attached hydrogens (tertiary/aromatic N) is 2. The van der Waals surface area contributed by atoms with Crippen LogP contribution < -0.4 is 5.32 Å². The van der Waals surface area contributed by atoms with Gasteiger partial charge in [-0.05, 0) is 44.4 Å². The molecule has 0 saturated carbocycles. The van der Waals surface area contributed by atoms with Crippen LogP contribution in [-0.2, 0) is 9.84 Å². The van der Waals surface area contributed by atoms with Crippen LogP contribution in [0.25, 0.3) is 0 Å². The Morgan fingerprint density at radius 3 is 2.50 bits per heavy atom. The van der Waals surface area contributed by atoms with Gasteiger partial charge in [-0.25, -0.2) is 8.42 Å². The predicted octanol–water partition coefficient (Wildman–Crippen LogP) is 2.42. The molecule has 0 bridgehead atoms. The van der Waals surface area contributed by atoms with E-state index in [0.29, 0.717) is 12.1 Å². The predicted molar refractivity (Wildman–Crippen MR) is 93.1 cm³/mol. The second-order valence-corrected chi connectivity index (χ2v) is 8.62. The summed E-state index contributed by atoms with van der Waals surface area (Å²) in [5, 5.41) is 7.26. The van der Waals surface area contributed by atoms with Crippen LogP contribution in [0.5, 0.6) is 0 Å². The van der Waals surface area contributed by atoms with E-state index in [9.17, 15) is 13.2 Å². The zero-order valence-corrected chi connectivity index (χ0v) is 14.9. The Bertz CT molecular complexity index is 880. The van der Waals surface area contributed by atoms with E-state index in [2.05, 4.69) is 10.4 Å². The molecule has 128 valence electrons. The molecule has 1 N–H and O–H groups in total. The van der Waals surface area contributed by atoms with Gasteiger partial charge in [0.25, 0.3) is 5.91 Å². The van der Waals surface area contributed by atoms with Crippen LogP contribution >= 0.6 is 0 Å². The van der Waals surface area contributed by atoms with Crippen LogP contribution in [0.15, 0.2) is 24.3 Å². The van der Waals surface area contributed by atoms with Gasteiger partial charge in [0.15, 0.2) is 15.5 Å². The first-order valence-electron chi connectivity index (χ1n) is 7.91. The molecule has 3 rings (SSSR count). The minimum atomic E-state index is -2.99. The van der Waals surface area contributed by atoms with E-state index in [-0.39, 0.29) is 23.5 Å². The third kappa shape index (κ3) is 3.21. The van der Waals surface area contributed by atoms with Gasteiger partial charge < -0.3 is 5.32 Å². The maximum Gasteiger partial charge on any atom is 0.276 e. The summed E-state index contributed by atoms with van der Waals surface area (Å²) in [5.41, 5.74) is 3.86. The Balaban J connectivity index is 1.83. The van der Waals surface area contributed by atoms with Gasteiger partial charge in [0.1, 0.15) is 0 Å². The highest BCUT2D eigenvalue weighted by atomic mass is 32.2. The minimum Gasteiger partial charge on any atom is -0.320 e. The first-order valence-corrected chi connectivity index (χ1v) is 9.73. The SMILES string of the molecule is Cc1cccc(C)c1NC(=O)c1cc(C)n(C2CCS(=O)(=O)C2)n1. The maximum atomic E-state index is 12.5. The summed E-state index contributed by atoms with van der Waals surface area (Å²) in [6, 6.07) is 7.34. The number of anilines is 1. The number of hydrogen-bond acceptors (Lipinski definition) is 4. The number of rotatable bonds is 3. The van der Waals surface area contributed by atoms with Gasteiger partial charge >= 0.3 is 0 Å². The zero-order valence-electron chi connectivity index (χ0n) is 14.0. The van der Waals surface area contributed by atoms with Crippen molar-refractivity contribution in [2.45, 2.75) is 33.2 Å². The zero-order chi connectivity index (χ0) is 17.5. The molecule has 1 aliphatic heterocycles. The molecule has 1 aromatic heterocycles. The monoisotopic (exact) mass is 347 g/mol. The number of hydrogen-bond donors (Lipinski definition) is 1. The number of carbonyl (C=O) groups is 1. The van der Waals surface area contributed by atoms with E-state index >= 15 is 0 Å². The second kappa shape index (κ2) is 6.05. The maximum absolute atomic E-state index is 12.5. The molecule has 1 fully saturated rings. The van der Waals surface area contributed by atoms with Crippen molar-refractivity contribution >= 4 is 21.4 Å². The number of carbonyl (C=O) groups excluding carboxylic acids is 1. The molecule has 1 atom stereocenters. The lowest BCUT2D eigenvalue weighted by molar-refractivity contribution is 0.102. The molecule has 1 aliphatic rings. The van der Waals surface area contributed by atoms with Crippen molar-refractivity contribution in [3.05, 3.63) is 46.8 Å². The molecule has 24 heavy (non-hydrogen) atoms. The number of benzene rings is 1. The van der Waals surface area contributed by atoms with E-state index < -0.39 is 9.84 Å². The molecule has 0 spiro atoms. The molecule has 1 unspecified atom stereocenters. The van der Waals surface area contributed by atoms with Crippen molar-refractivity contribution in [1.82, 2.24) is 9.78 Å². The summed E-state index contributed by atoms with van der Waals surface area (Å²) in [6.07, 6.45) is 0.544. The van der Waals surface area contributed by atoms with Crippen LogP contribution in [0.3, 0.4) is 0 Å². The van der Waals surface area contributed by atoms with Gasteiger partial charge in [0.2, 0.25) is 0 Å². The first-order chi connectivity index (χ1) is 11.3. The lowest BCUT2D eigenvalue weighted by Gasteiger charge is -2.11. The molecule has 1 aromatic carbocycles. The molecule has 2 heterocycles. The molecule has 6 nitrogen and oxygen atoms in total. The van der Waals surface area contributed by atoms with Crippen molar-refractivity contribution in [2.75, 3.05) is 16.8 Å². The fourth-order valence-electron chi connectivity index (χ4n) is 3.13. The van der Waals surface area contributed by atoms with Crippen molar-refractivity contribution in [1.29, 1.82) is 0 Å². The van der Waals surface area contributed by atoms with Gasteiger partial charge in [0.05, 0.1) is 17.5 Å². The summed E-state index contributed by atoms with van der Waals surface area (Å²) in [4.78, 5) is 12.5. The largest absolute Gasteiger partial charge is 0.320 e. The van der Waals surface area contributed by atoms with Gasteiger partial charge in [-0.1, -0.05) is 18.2 Å². The van der Waals surface area contributed by atoms with E-state index in [1.807, 2.05) is 39.0 Å². The van der Waals surface area contributed by atoms with E-state index in [0.717, 1.165) is 22.5 Å². The Kier molecular flexibility index (Phi) is 4.21. The summed E-state index contributed by atoms with van der Waals surface area (Å²) in [6.45, 7) is 5.72. The molecule has 7 heteroatoms. The third-order valence-corrected chi connectivity index (χ3v) is 6.18. The summed E-state index contributed by atoms with van der Waals surface area (Å²) < 4.78 is 25.0. The number of aryl methyl sites for hydroxylation is 3. The lowest BCUT2D eigenvalue weighted by Crippen LogP contribution is -2.17. The van der Waals surface area contributed by atoms with E-state index in [4.69, 9.17) is 0 Å². The summed E-state index contributed by atoms with van der Waals surface area (Å²) in [7, 11) is -2.99. The number of nitrogens with one attached hydrogen (secondary N) is 1. The van der Waals surface area contributed by atoms with Crippen molar-refractivity contribution < 1.29 is 13.2 Å². The third-order valence-electron chi connectivity index (χ3n) is 4.43. The molecule has 0 radical (unpaired) electrons. The van der Waals surface area contributed by atoms with Crippen LogP contribution in [0, 0.1) is 20.8 Å². The highest BCUT2D eigenvalue weighted by Gasteiger charge is 2.31. The van der Waals surface area contributed by atoms with Gasteiger partial charge in [-0.15, -0.1) is 0 Å². The number of sulfone groups is 1. The Morgan fingerprint density at radius 2 is 1.92 bits per heavy atom. The molecule has 0 aliphatic carbocycles. The van der Waals surface area contributed by atoms with Crippen molar-refractivity contribution in [3.8, 4) is 0 Å². The van der Waals surface area contributed by atoms with Crippen LogP contribution in [0.4, 0.5) is 5.69 Å². The molecule has 1 saturated heterocycles. The minimum absolute atomic E-state index is 0.0908. The average molecular weight is 347 g/mol. The van der Waals surface area contributed by atoms with E-state index in [1.54, 1.807) is 10.7 Å². The van der Waals surface area contributed by atoms with Crippen molar-refractivity contribution in [2.24, 2.45) is 0 Å². The molecular weight excluding hydrogens is 326 g/mol. The number of aromatic nitrogens is 2. The van der Waals surface area contributed by atoms with Gasteiger partial charge in [-0.2, -0.15) is 5.10 Å². The normalized spacial score (nSPS) is 19.4. The Morgan fingerprint density at radius 1 is 1.25 bits per heavy atom. The number of para-hydroxylation sites is 1. The number of amides is 1. The molecule has 1 amide bonds. The molecular formula is C17H21N3O3S. The van der Waals surface area contributed by atoms with Crippen molar-refractivity contribution in [3.63, 3.8) is 0 Å². The highest BCUT2D eigenvalue weighted by Crippen LogP contribution is 2.25. The smallest absolute Gasteiger partial charge is 0.276 e. The van der Waals surface area contributed by atoms with Crippen LogP contribution in [0.2, 0.25) is 0 Å². The van der Waals surface area contributed by atoms with Gasteiger partial charge in [0, 0.05) is 11.4 Å². The standard InChI is InChI=1S/C17H21N3O3S/c1-11-5-4-6-12(2)16(11)18-17(21)15-9-13(3)20(19-15)14-7-8-24(22,23)10-14/h4-6,9,14H,7-8,10H2,1-3H3,(H,18,21). The molecule has 2 aromatic rings. The lowest BCUT2D eigenvalue weighted by atomic mass is 10.1. The van der Waals surface area contributed by atoms with Gasteiger partial charge in [-0.3, -0.25) is 9.48 Å². The fourth-order valence-corrected chi connectivity index (χ4v) is 4.82. The van der Waals surface area contributed by atoms with E-state index in [1.165, 1.54) is 0 Å². The van der Waals surface area contributed by atoms with Crippen LogP contribution in [-0.4, -0.2) is 35.6 Å². The second-order valence-electron chi connectivity index (χ2n) is 6.39.